The Hall–Kier alpha value is -3.69. The van der Waals surface area contributed by atoms with Crippen LogP contribution < -0.4 is 21.1 Å². The highest BCUT2D eigenvalue weighted by Gasteiger charge is 2.30. The quantitative estimate of drug-likeness (QED) is 0.293. The smallest absolute Gasteiger partial charge is 0.257 e. The van der Waals surface area contributed by atoms with Crippen molar-refractivity contribution in [2.24, 2.45) is 0 Å². The van der Waals surface area contributed by atoms with E-state index in [1.807, 2.05) is 22.9 Å². The van der Waals surface area contributed by atoms with Gasteiger partial charge in [-0.3, -0.25) is 14.3 Å². The van der Waals surface area contributed by atoms with Crippen molar-refractivity contribution in [3.63, 3.8) is 0 Å². The Morgan fingerprint density at radius 2 is 1.88 bits per heavy atom. The van der Waals surface area contributed by atoms with Gasteiger partial charge in [0.1, 0.15) is 11.4 Å². The molecule has 0 bridgehead atoms. The summed E-state index contributed by atoms with van der Waals surface area (Å²) < 4.78 is 7.71. The van der Waals surface area contributed by atoms with E-state index in [1.165, 1.54) is 12.1 Å². The fourth-order valence-corrected chi connectivity index (χ4v) is 6.76. The second kappa shape index (κ2) is 11.5. The molecule has 1 unspecified atom stereocenters. The largest absolute Gasteiger partial charge is 0.469 e. The van der Waals surface area contributed by atoms with Gasteiger partial charge < -0.3 is 20.0 Å². The van der Waals surface area contributed by atoms with E-state index >= 15 is 0 Å². The lowest BCUT2D eigenvalue weighted by molar-refractivity contribution is 0.186. The van der Waals surface area contributed by atoms with Gasteiger partial charge in [-0.05, 0) is 102 Å². The number of nitrogens with zero attached hydrogens (tertiary/aromatic N) is 5. The fraction of sp³-hybridized carbons (Fsp3) is 0.485. The SMILES string of the molecule is CN1CCCCC1c1cc2cnc(Nc3ccc(N(C)C4CCNCC4)cc3)nc2n(Cc2ccoc2C2CC2)c1=O. The second-order valence-corrected chi connectivity index (χ2v) is 12.3. The van der Waals surface area contributed by atoms with Gasteiger partial charge in [0.25, 0.3) is 5.56 Å². The zero-order valence-electron chi connectivity index (χ0n) is 24.7. The first-order valence-electron chi connectivity index (χ1n) is 15.5. The first-order chi connectivity index (χ1) is 20.5. The summed E-state index contributed by atoms with van der Waals surface area (Å²) in [5.41, 5.74) is 4.68. The van der Waals surface area contributed by atoms with E-state index in [0.717, 1.165) is 86.1 Å². The van der Waals surface area contributed by atoms with Crippen molar-refractivity contribution in [1.82, 2.24) is 24.8 Å². The highest BCUT2D eigenvalue weighted by molar-refractivity contribution is 5.77. The van der Waals surface area contributed by atoms with Crippen LogP contribution in [0.3, 0.4) is 0 Å². The Morgan fingerprint density at radius 3 is 2.64 bits per heavy atom. The molecule has 9 nitrogen and oxygen atoms in total. The van der Waals surface area contributed by atoms with E-state index < -0.39 is 0 Å². The van der Waals surface area contributed by atoms with Crippen LogP contribution in [0.15, 0.2) is 58.1 Å². The van der Waals surface area contributed by atoms with Gasteiger partial charge in [0.05, 0.1) is 12.8 Å². The number of benzene rings is 1. The van der Waals surface area contributed by atoms with E-state index in [2.05, 4.69) is 63.8 Å². The van der Waals surface area contributed by atoms with Gasteiger partial charge in [-0.2, -0.15) is 4.98 Å². The number of rotatable bonds is 8. The maximum Gasteiger partial charge on any atom is 0.257 e. The van der Waals surface area contributed by atoms with Gasteiger partial charge >= 0.3 is 0 Å². The van der Waals surface area contributed by atoms with Crippen LogP contribution in [0, 0.1) is 0 Å². The van der Waals surface area contributed by atoms with Crippen LogP contribution in [0.1, 0.15) is 73.8 Å². The first-order valence-corrected chi connectivity index (χ1v) is 15.5. The first kappa shape index (κ1) is 27.2. The Bertz CT molecular complexity index is 1600. The highest BCUT2D eigenvalue weighted by atomic mass is 16.3. The lowest BCUT2D eigenvalue weighted by Gasteiger charge is -2.33. The van der Waals surface area contributed by atoms with Gasteiger partial charge in [0, 0.05) is 59.1 Å². The Labute approximate surface area is 246 Å². The summed E-state index contributed by atoms with van der Waals surface area (Å²) in [6.45, 7) is 3.58. The van der Waals surface area contributed by atoms with Gasteiger partial charge in [0.2, 0.25) is 5.95 Å². The number of hydrogen-bond acceptors (Lipinski definition) is 8. The molecule has 2 N–H and O–H groups in total. The molecule has 0 radical (unpaired) electrons. The number of fused-ring (bicyclic) bond motifs is 1. The maximum absolute atomic E-state index is 14.2. The van der Waals surface area contributed by atoms with Crippen molar-refractivity contribution in [2.45, 2.75) is 69.5 Å². The topological polar surface area (TPSA) is 91.5 Å². The molecule has 4 aromatic rings. The summed E-state index contributed by atoms with van der Waals surface area (Å²) in [5, 5.41) is 7.70. The lowest BCUT2D eigenvalue weighted by atomic mass is 9.96. The zero-order chi connectivity index (χ0) is 28.6. The monoisotopic (exact) mass is 567 g/mol. The molecule has 0 amide bonds. The van der Waals surface area contributed by atoms with Crippen LogP contribution in [-0.4, -0.2) is 59.2 Å². The maximum atomic E-state index is 14.2. The number of likely N-dealkylation sites (tertiary alicyclic amines) is 1. The minimum absolute atomic E-state index is 0.0270. The van der Waals surface area contributed by atoms with Crippen LogP contribution in [0.5, 0.6) is 0 Å². The number of furan rings is 1. The normalized spacial score (nSPS) is 20.2. The molecule has 3 fully saturated rings. The molecule has 9 heteroatoms. The third-order valence-corrected chi connectivity index (χ3v) is 9.43. The van der Waals surface area contributed by atoms with Crippen LogP contribution in [-0.2, 0) is 6.54 Å². The van der Waals surface area contributed by atoms with Gasteiger partial charge in [-0.25, -0.2) is 4.98 Å². The van der Waals surface area contributed by atoms with Crippen molar-refractivity contribution in [3.05, 3.63) is 76.1 Å². The van der Waals surface area contributed by atoms with E-state index in [-0.39, 0.29) is 11.6 Å². The molecular weight excluding hydrogens is 526 g/mol. The van der Waals surface area contributed by atoms with E-state index in [1.54, 1.807) is 6.26 Å². The number of anilines is 3. The van der Waals surface area contributed by atoms with Crippen LogP contribution >= 0.6 is 0 Å². The van der Waals surface area contributed by atoms with Gasteiger partial charge in [0.15, 0.2) is 0 Å². The zero-order valence-corrected chi connectivity index (χ0v) is 24.7. The predicted octanol–water partition coefficient (Wildman–Crippen LogP) is 5.40. The highest BCUT2D eigenvalue weighted by Crippen LogP contribution is 2.42. The second-order valence-electron chi connectivity index (χ2n) is 12.3. The third kappa shape index (κ3) is 5.43. The molecule has 3 aromatic heterocycles. The number of hydrogen-bond donors (Lipinski definition) is 2. The summed E-state index contributed by atoms with van der Waals surface area (Å²) in [7, 11) is 4.30. The standard InChI is InChI=1S/C33H41N7O2/c1-38-17-4-3-5-29(38)28-19-24-20-35-33(36-25-8-10-26(11-9-25)39(2)27-12-15-34-16-13-27)37-31(24)40(32(28)41)21-23-14-18-42-30(23)22-6-7-22/h8-11,14,18-20,22,27,29,34H,3-7,12-13,15-17,21H2,1-2H3,(H,35,36,37). The number of nitrogens with one attached hydrogen (secondary N) is 2. The van der Waals surface area contributed by atoms with Crippen molar-refractivity contribution < 1.29 is 4.42 Å². The summed E-state index contributed by atoms with van der Waals surface area (Å²) in [4.78, 5) is 28.5. The minimum atomic E-state index is 0.0270. The molecule has 1 atom stereocenters. The lowest BCUT2D eigenvalue weighted by Crippen LogP contribution is -2.41. The average molecular weight is 568 g/mol. The minimum Gasteiger partial charge on any atom is -0.469 e. The predicted molar refractivity (Wildman–Crippen MR) is 167 cm³/mol. The van der Waals surface area contributed by atoms with Crippen molar-refractivity contribution in [3.8, 4) is 0 Å². The van der Waals surface area contributed by atoms with E-state index in [4.69, 9.17) is 9.40 Å². The van der Waals surface area contributed by atoms with E-state index in [0.29, 0.717) is 30.1 Å². The summed E-state index contributed by atoms with van der Waals surface area (Å²) in [5.74, 6) is 1.96. The average Bonchev–Trinajstić information content (AvgIpc) is 3.77. The van der Waals surface area contributed by atoms with Crippen molar-refractivity contribution >= 4 is 28.4 Å². The van der Waals surface area contributed by atoms with Crippen LogP contribution in [0.4, 0.5) is 17.3 Å². The fourth-order valence-electron chi connectivity index (χ4n) is 6.76. The molecule has 1 aliphatic carbocycles. The third-order valence-electron chi connectivity index (χ3n) is 9.43. The molecule has 5 heterocycles. The Balaban J connectivity index is 1.21. The summed E-state index contributed by atoms with van der Waals surface area (Å²) in [6, 6.07) is 13.1. The molecule has 7 rings (SSSR count). The van der Waals surface area contributed by atoms with Crippen LogP contribution in [0.25, 0.3) is 11.0 Å². The number of piperidine rings is 2. The molecule has 1 saturated carbocycles. The van der Waals surface area contributed by atoms with Crippen molar-refractivity contribution in [2.75, 3.05) is 43.9 Å². The van der Waals surface area contributed by atoms with Crippen LogP contribution in [0.2, 0.25) is 0 Å². The van der Waals surface area contributed by atoms with Gasteiger partial charge in [-0.15, -0.1) is 0 Å². The number of pyridine rings is 1. The number of aromatic nitrogens is 3. The summed E-state index contributed by atoms with van der Waals surface area (Å²) in [6.07, 6.45) is 11.5. The molecule has 1 aromatic carbocycles. The Kier molecular flexibility index (Phi) is 7.46. The molecule has 0 spiro atoms. The molecule has 2 aliphatic heterocycles. The summed E-state index contributed by atoms with van der Waals surface area (Å²) >= 11 is 0. The molecule has 220 valence electrons. The van der Waals surface area contributed by atoms with Crippen molar-refractivity contribution in [1.29, 1.82) is 0 Å². The molecule has 42 heavy (non-hydrogen) atoms. The molecule has 3 aliphatic rings. The van der Waals surface area contributed by atoms with E-state index in [9.17, 15) is 4.79 Å². The molecular formula is C33H41N7O2. The van der Waals surface area contributed by atoms with Gasteiger partial charge in [-0.1, -0.05) is 6.42 Å². The molecule has 2 saturated heterocycles. The Morgan fingerprint density at radius 1 is 1.07 bits per heavy atom.